The van der Waals surface area contributed by atoms with E-state index in [0.717, 1.165) is 44.4 Å². The lowest BCUT2D eigenvalue weighted by Crippen LogP contribution is -2.30. The largest absolute Gasteiger partial charge is 0.363 e. The van der Waals surface area contributed by atoms with Gasteiger partial charge in [-0.15, -0.1) is 0 Å². The van der Waals surface area contributed by atoms with E-state index in [0.29, 0.717) is 11.1 Å². The number of thiocarbonyl (C=S) groups is 1. The molecule has 1 fully saturated rings. The van der Waals surface area contributed by atoms with Gasteiger partial charge in [0.2, 0.25) is 5.95 Å². The van der Waals surface area contributed by atoms with Crippen molar-refractivity contribution in [1.29, 1.82) is 0 Å². The second-order valence-corrected chi connectivity index (χ2v) is 7.83. The summed E-state index contributed by atoms with van der Waals surface area (Å²) in [6.45, 7) is 6.65. The lowest BCUT2D eigenvalue weighted by molar-refractivity contribution is 0.726. The lowest BCUT2D eigenvalue weighted by Gasteiger charge is -2.25. The van der Waals surface area contributed by atoms with Gasteiger partial charge in [0.1, 0.15) is 11.6 Å². The molecule has 0 aliphatic carbocycles. The molecule has 7 heteroatoms. The van der Waals surface area contributed by atoms with Crippen LogP contribution in [0.25, 0.3) is 0 Å². The molecule has 0 spiro atoms. The molecule has 0 unspecified atom stereocenters. The van der Waals surface area contributed by atoms with E-state index < -0.39 is 0 Å². The summed E-state index contributed by atoms with van der Waals surface area (Å²) in [6, 6.07) is 10.7. The van der Waals surface area contributed by atoms with Gasteiger partial charge >= 0.3 is 0 Å². The maximum atomic E-state index is 5.36. The first kappa shape index (κ1) is 18.9. The number of anilines is 3. The van der Waals surface area contributed by atoms with Crippen LogP contribution < -0.4 is 20.4 Å². The molecule has 2 aromatic rings. The quantitative estimate of drug-likeness (QED) is 0.765. The van der Waals surface area contributed by atoms with Gasteiger partial charge < -0.3 is 20.4 Å². The molecule has 1 aromatic carbocycles. The highest BCUT2D eigenvalue weighted by molar-refractivity contribution is 7.80. The third-order valence-corrected chi connectivity index (χ3v) is 5.60. The highest BCUT2D eigenvalue weighted by atomic mass is 32.1. The summed E-state index contributed by atoms with van der Waals surface area (Å²) in [5.74, 6) is 2.51. The summed E-state index contributed by atoms with van der Waals surface area (Å²) in [6.07, 6.45) is 5.02. The Morgan fingerprint density at radius 1 is 0.964 bits per heavy atom. The molecule has 2 N–H and O–H groups in total. The zero-order chi connectivity index (χ0) is 19.3. The fourth-order valence-electron chi connectivity index (χ4n) is 3.90. The Balaban J connectivity index is 1.63. The number of nitrogens with one attached hydrogen (secondary N) is 2. The van der Waals surface area contributed by atoms with Gasteiger partial charge in [-0.25, -0.2) is 0 Å². The van der Waals surface area contributed by atoms with Gasteiger partial charge in [0.15, 0.2) is 5.11 Å². The summed E-state index contributed by atoms with van der Waals surface area (Å²) in [5, 5.41) is 6.85. The van der Waals surface area contributed by atoms with Crippen LogP contribution in [0.1, 0.15) is 43.7 Å². The number of hydrogen-bond acceptors (Lipinski definition) is 5. The van der Waals surface area contributed by atoms with Crippen LogP contribution in [0.5, 0.6) is 0 Å². The summed E-state index contributed by atoms with van der Waals surface area (Å²) in [5.41, 5.74) is 2.74. The van der Waals surface area contributed by atoms with Crippen LogP contribution in [0.3, 0.4) is 0 Å². The van der Waals surface area contributed by atoms with Crippen molar-refractivity contribution in [3.63, 3.8) is 0 Å². The molecule has 0 radical (unpaired) electrons. The van der Waals surface area contributed by atoms with E-state index in [1.54, 1.807) is 0 Å². The zero-order valence-electron chi connectivity index (χ0n) is 16.4. The molecule has 0 atom stereocenters. The van der Waals surface area contributed by atoms with Gasteiger partial charge in [0.25, 0.3) is 0 Å². The molecule has 0 amide bonds. The monoisotopic (exact) mass is 396 g/mol. The van der Waals surface area contributed by atoms with E-state index in [2.05, 4.69) is 50.8 Å². The Morgan fingerprint density at radius 3 is 2.18 bits per heavy atom. The van der Waals surface area contributed by atoms with Crippen molar-refractivity contribution in [2.45, 2.75) is 45.7 Å². The van der Waals surface area contributed by atoms with E-state index >= 15 is 0 Å². The summed E-state index contributed by atoms with van der Waals surface area (Å²) >= 11 is 5.36. The molecular weight excluding hydrogens is 368 g/mol. The average Bonchev–Trinajstić information content (AvgIpc) is 2.94. The van der Waals surface area contributed by atoms with Crippen LogP contribution in [-0.4, -0.2) is 34.7 Å². The standard InChI is InChI=1S/C21H28N6S/c1-2-22-21(28)25-20-23-18(26-11-7-3-4-8-12-26)13-19(24-20)27-14-16-9-5-6-10-17(16)15-27/h5-6,9-10,13H,2-4,7-8,11-12,14-15H2,1H3,(H2,22,23,24,25,28). The van der Waals surface area contributed by atoms with Crippen molar-refractivity contribution in [3.05, 3.63) is 41.5 Å². The smallest absolute Gasteiger partial charge is 0.232 e. The van der Waals surface area contributed by atoms with Gasteiger partial charge in [-0.1, -0.05) is 37.1 Å². The van der Waals surface area contributed by atoms with Crippen LogP contribution in [0.2, 0.25) is 0 Å². The molecular formula is C21H28N6S. The van der Waals surface area contributed by atoms with E-state index in [1.807, 2.05) is 6.92 Å². The Bertz CT molecular complexity index is 806. The van der Waals surface area contributed by atoms with Crippen molar-refractivity contribution in [3.8, 4) is 0 Å². The fraction of sp³-hybridized carbons (Fsp3) is 0.476. The van der Waals surface area contributed by atoms with E-state index in [1.165, 1.54) is 36.8 Å². The van der Waals surface area contributed by atoms with Crippen LogP contribution in [0.15, 0.2) is 30.3 Å². The Hall–Kier alpha value is -2.41. The summed E-state index contributed by atoms with van der Waals surface area (Å²) in [7, 11) is 0. The van der Waals surface area contributed by atoms with Gasteiger partial charge in [0.05, 0.1) is 0 Å². The second-order valence-electron chi connectivity index (χ2n) is 7.42. The number of fused-ring (bicyclic) bond motifs is 1. The van der Waals surface area contributed by atoms with E-state index in [4.69, 9.17) is 22.2 Å². The highest BCUT2D eigenvalue weighted by Crippen LogP contribution is 2.30. The van der Waals surface area contributed by atoms with Crippen molar-refractivity contribution >= 4 is 34.9 Å². The summed E-state index contributed by atoms with van der Waals surface area (Å²) < 4.78 is 0. The average molecular weight is 397 g/mol. The molecule has 2 aliphatic rings. The first-order valence-corrected chi connectivity index (χ1v) is 10.6. The number of nitrogens with zero attached hydrogens (tertiary/aromatic N) is 4. The lowest BCUT2D eigenvalue weighted by atomic mass is 10.1. The third kappa shape index (κ3) is 4.35. The van der Waals surface area contributed by atoms with E-state index in [9.17, 15) is 0 Å². The Labute approximate surface area is 172 Å². The SMILES string of the molecule is CCNC(=S)Nc1nc(N2CCCCCC2)cc(N2Cc3ccccc3C2)n1. The van der Waals surface area contributed by atoms with Crippen molar-refractivity contribution in [2.24, 2.45) is 0 Å². The van der Waals surface area contributed by atoms with Crippen LogP contribution in [-0.2, 0) is 13.1 Å². The van der Waals surface area contributed by atoms with Crippen molar-refractivity contribution in [2.75, 3.05) is 34.8 Å². The van der Waals surface area contributed by atoms with Crippen molar-refractivity contribution < 1.29 is 0 Å². The molecule has 148 valence electrons. The van der Waals surface area contributed by atoms with Crippen LogP contribution in [0.4, 0.5) is 17.6 Å². The molecule has 28 heavy (non-hydrogen) atoms. The third-order valence-electron chi connectivity index (χ3n) is 5.36. The minimum absolute atomic E-state index is 0.561. The van der Waals surface area contributed by atoms with Gasteiger partial charge in [0, 0.05) is 38.8 Å². The predicted molar refractivity (Wildman–Crippen MR) is 119 cm³/mol. The highest BCUT2D eigenvalue weighted by Gasteiger charge is 2.22. The molecule has 0 bridgehead atoms. The topological polar surface area (TPSA) is 56.3 Å². The first-order valence-electron chi connectivity index (χ1n) is 10.2. The minimum atomic E-state index is 0.561. The predicted octanol–water partition coefficient (Wildman–Crippen LogP) is 3.68. The number of rotatable bonds is 4. The van der Waals surface area contributed by atoms with Crippen LogP contribution >= 0.6 is 12.2 Å². The van der Waals surface area contributed by atoms with E-state index in [-0.39, 0.29) is 0 Å². The molecule has 2 aliphatic heterocycles. The first-order chi connectivity index (χ1) is 13.7. The maximum absolute atomic E-state index is 5.36. The van der Waals surface area contributed by atoms with Gasteiger partial charge in [-0.3, -0.25) is 0 Å². The molecule has 6 nitrogen and oxygen atoms in total. The normalized spacial score (nSPS) is 16.5. The van der Waals surface area contributed by atoms with Crippen LogP contribution in [0, 0.1) is 0 Å². The summed E-state index contributed by atoms with van der Waals surface area (Å²) in [4.78, 5) is 14.3. The fourth-order valence-corrected chi connectivity index (χ4v) is 4.14. The Morgan fingerprint density at radius 2 is 1.57 bits per heavy atom. The maximum Gasteiger partial charge on any atom is 0.232 e. The van der Waals surface area contributed by atoms with Gasteiger partial charge in [-0.05, 0) is 43.1 Å². The minimum Gasteiger partial charge on any atom is -0.363 e. The second kappa shape index (κ2) is 8.73. The molecule has 1 saturated heterocycles. The number of benzene rings is 1. The molecule has 4 rings (SSSR count). The molecule has 1 aromatic heterocycles. The van der Waals surface area contributed by atoms with Crippen molar-refractivity contribution in [1.82, 2.24) is 15.3 Å². The molecule has 0 saturated carbocycles. The van der Waals surface area contributed by atoms with Gasteiger partial charge in [-0.2, -0.15) is 9.97 Å². The zero-order valence-corrected chi connectivity index (χ0v) is 17.3. The number of aromatic nitrogens is 2. The number of hydrogen-bond donors (Lipinski definition) is 2. The Kier molecular flexibility index (Phi) is 5.90. The molecule has 3 heterocycles.